The maximum absolute atomic E-state index is 5.78. The smallest absolute Gasteiger partial charge is 0.121 e. The van der Waals surface area contributed by atoms with E-state index in [4.69, 9.17) is 10.5 Å². The second kappa shape index (κ2) is 3.91. The van der Waals surface area contributed by atoms with E-state index in [9.17, 15) is 0 Å². The fraction of sp³-hybridized carbons (Fsp3) is 0.500. The molecule has 0 aliphatic heterocycles. The SMILES string of the molecule is Cc1ccc(OCC(C)(C)C)cc1N. The van der Waals surface area contributed by atoms with Gasteiger partial charge in [-0.25, -0.2) is 0 Å². The molecule has 78 valence electrons. The molecule has 0 spiro atoms. The Kier molecular flexibility index (Phi) is 3.04. The molecule has 1 rings (SSSR count). The standard InChI is InChI=1S/C12H19NO/c1-9-5-6-10(7-11(9)13)14-8-12(2,3)4/h5-7H,8,13H2,1-4H3. The predicted octanol–water partition coefficient (Wildman–Crippen LogP) is 3.00. The summed E-state index contributed by atoms with van der Waals surface area (Å²) < 4.78 is 5.63. The minimum atomic E-state index is 0.180. The number of ether oxygens (including phenoxy) is 1. The van der Waals surface area contributed by atoms with Crippen LogP contribution in [0.2, 0.25) is 0 Å². The molecular formula is C12H19NO. The zero-order valence-corrected chi connectivity index (χ0v) is 9.42. The molecule has 2 heteroatoms. The van der Waals surface area contributed by atoms with Crippen LogP contribution >= 0.6 is 0 Å². The molecule has 0 atom stereocenters. The number of benzene rings is 1. The highest BCUT2D eigenvalue weighted by molar-refractivity contribution is 5.50. The first-order valence-electron chi connectivity index (χ1n) is 4.87. The maximum Gasteiger partial charge on any atom is 0.121 e. The lowest BCUT2D eigenvalue weighted by atomic mass is 9.99. The van der Waals surface area contributed by atoms with Gasteiger partial charge >= 0.3 is 0 Å². The molecule has 1 aromatic rings. The summed E-state index contributed by atoms with van der Waals surface area (Å²) in [6.07, 6.45) is 0. The normalized spacial score (nSPS) is 11.4. The molecular weight excluding hydrogens is 174 g/mol. The van der Waals surface area contributed by atoms with Crippen LogP contribution in [0.15, 0.2) is 18.2 Å². The lowest BCUT2D eigenvalue weighted by Crippen LogP contribution is -2.16. The van der Waals surface area contributed by atoms with E-state index in [1.165, 1.54) is 0 Å². The summed E-state index contributed by atoms with van der Waals surface area (Å²) in [5.41, 5.74) is 7.84. The highest BCUT2D eigenvalue weighted by Crippen LogP contribution is 2.21. The van der Waals surface area contributed by atoms with Gasteiger partial charge in [-0.05, 0) is 24.0 Å². The van der Waals surface area contributed by atoms with E-state index in [1.54, 1.807) is 0 Å². The zero-order chi connectivity index (χ0) is 10.8. The summed E-state index contributed by atoms with van der Waals surface area (Å²) in [4.78, 5) is 0. The molecule has 0 amide bonds. The first-order valence-corrected chi connectivity index (χ1v) is 4.87. The van der Waals surface area contributed by atoms with Crippen molar-refractivity contribution in [3.8, 4) is 5.75 Å². The van der Waals surface area contributed by atoms with E-state index in [1.807, 2.05) is 25.1 Å². The second-order valence-electron chi connectivity index (χ2n) is 4.87. The molecule has 0 saturated heterocycles. The van der Waals surface area contributed by atoms with Gasteiger partial charge in [0.15, 0.2) is 0 Å². The summed E-state index contributed by atoms with van der Waals surface area (Å²) in [6.45, 7) is 9.12. The number of hydrogen-bond acceptors (Lipinski definition) is 2. The van der Waals surface area contributed by atoms with Crippen molar-refractivity contribution >= 4 is 5.69 Å². The van der Waals surface area contributed by atoms with Gasteiger partial charge in [0.25, 0.3) is 0 Å². The quantitative estimate of drug-likeness (QED) is 0.733. The maximum atomic E-state index is 5.78. The summed E-state index contributed by atoms with van der Waals surface area (Å²) >= 11 is 0. The molecule has 0 aliphatic rings. The van der Waals surface area contributed by atoms with E-state index < -0.39 is 0 Å². The van der Waals surface area contributed by atoms with Crippen LogP contribution in [-0.4, -0.2) is 6.61 Å². The van der Waals surface area contributed by atoms with E-state index in [2.05, 4.69) is 20.8 Å². The Labute approximate surface area is 86.1 Å². The lowest BCUT2D eigenvalue weighted by Gasteiger charge is -2.19. The van der Waals surface area contributed by atoms with E-state index >= 15 is 0 Å². The molecule has 0 unspecified atom stereocenters. The third-order valence-electron chi connectivity index (χ3n) is 1.92. The summed E-state index contributed by atoms with van der Waals surface area (Å²) in [6, 6.07) is 5.81. The Morgan fingerprint density at radius 3 is 2.43 bits per heavy atom. The number of rotatable bonds is 2. The molecule has 2 N–H and O–H groups in total. The fourth-order valence-corrected chi connectivity index (χ4v) is 1.01. The van der Waals surface area contributed by atoms with Crippen molar-refractivity contribution in [2.45, 2.75) is 27.7 Å². The third-order valence-corrected chi connectivity index (χ3v) is 1.92. The number of anilines is 1. The van der Waals surface area contributed by atoms with Crippen molar-refractivity contribution < 1.29 is 4.74 Å². The Hall–Kier alpha value is -1.18. The van der Waals surface area contributed by atoms with Crippen LogP contribution in [0, 0.1) is 12.3 Å². The van der Waals surface area contributed by atoms with Crippen LogP contribution in [0.5, 0.6) is 5.75 Å². The van der Waals surface area contributed by atoms with Crippen molar-refractivity contribution in [3.63, 3.8) is 0 Å². The van der Waals surface area contributed by atoms with Crippen LogP contribution < -0.4 is 10.5 Å². The molecule has 0 aliphatic carbocycles. The first-order chi connectivity index (χ1) is 6.38. The Morgan fingerprint density at radius 2 is 1.93 bits per heavy atom. The Morgan fingerprint density at radius 1 is 1.29 bits per heavy atom. The van der Waals surface area contributed by atoms with Gasteiger partial charge < -0.3 is 10.5 Å². The molecule has 1 aromatic carbocycles. The Bertz CT molecular complexity index is 313. The monoisotopic (exact) mass is 193 g/mol. The van der Waals surface area contributed by atoms with Crippen molar-refractivity contribution in [1.82, 2.24) is 0 Å². The van der Waals surface area contributed by atoms with E-state index in [-0.39, 0.29) is 5.41 Å². The third kappa shape index (κ3) is 3.29. The van der Waals surface area contributed by atoms with Gasteiger partial charge in [-0.1, -0.05) is 26.8 Å². The van der Waals surface area contributed by atoms with Gasteiger partial charge in [-0.15, -0.1) is 0 Å². The first kappa shape index (κ1) is 10.9. The van der Waals surface area contributed by atoms with Crippen molar-refractivity contribution in [2.75, 3.05) is 12.3 Å². The van der Waals surface area contributed by atoms with Gasteiger partial charge in [0.05, 0.1) is 6.61 Å². The van der Waals surface area contributed by atoms with E-state index in [0.717, 1.165) is 17.0 Å². The predicted molar refractivity (Wildman–Crippen MR) is 60.5 cm³/mol. The van der Waals surface area contributed by atoms with Crippen molar-refractivity contribution in [2.24, 2.45) is 5.41 Å². The van der Waals surface area contributed by atoms with Gasteiger partial charge in [-0.2, -0.15) is 0 Å². The summed E-state index contributed by atoms with van der Waals surface area (Å²) in [5.74, 6) is 0.850. The number of nitrogens with two attached hydrogens (primary N) is 1. The highest BCUT2D eigenvalue weighted by Gasteiger charge is 2.11. The molecule has 14 heavy (non-hydrogen) atoms. The topological polar surface area (TPSA) is 35.2 Å². The molecule has 0 bridgehead atoms. The zero-order valence-electron chi connectivity index (χ0n) is 9.42. The Balaban J connectivity index is 2.65. The van der Waals surface area contributed by atoms with Gasteiger partial charge in [0.2, 0.25) is 0 Å². The summed E-state index contributed by atoms with van der Waals surface area (Å²) in [7, 11) is 0. The van der Waals surface area contributed by atoms with Crippen LogP contribution in [0.4, 0.5) is 5.69 Å². The minimum absolute atomic E-state index is 0.180. The van der Waals surface area contributed by atoms with E-state index in [0.29, 0.717) is 6.61 Å². The molecule has 0 fully saturated rings. The summed E-state index contributed by atoms with van der Waals surface area (Å²) in [5, 5.41) is 0. The second-order valence-corrected chi connectivity index (χ2v) is 4.87. The van der Waals surface area contributed by atoms with Crippen LogP contribution in [0.1, 0.15) is 26.3 Å². The van der Waals surface area contributed by atoms with Crippen LogP contribution in [-0.2, 0) is 0 Å². The molecule has 0 saturated carbocycles. The van der Waals surface area contributed by atoms with Crippen LogP contribution in [0.3, 0.4) is 0 Å². The number of nitrogen functional groups attached to an aromatic ring is 1. The van der Waals surface area contributed by atoms with Gasteiger partial charge in [0.1, 0.15) is 5.75 Å². The average molecular weight is 193 g/mol. The lowest BCUT2D eigenvalue weighted by molar-refractivity contribution is 0.198. The average Bonchev–Trinajstić information content (AvgIpc) is 2.06. The van der Waals surface area contributed by atoms with Crippen molar-refractivity contribution in [1.29, 1.82) is 0 Å². The molecule has 0 heterocycles. The molecule has 2 nitrogen and oxygen atoms in total. The number of aryl methyl sites for hydroxylation is 1. The molecule has 0 aromatic heterocycles. The van der Waals surface area contributed by atoms with Crippen LogP contribution in [0.25, 0.3) is 0 Å². The van der Waals surface area contributed by atoms with Gasteiger partial charge in [0, 0.05) is 11.8 Å². The molecule has 0 radical (unpaired) electrons. The largest absolute Gasteiger partial charge is 0.493 e. The fourth-order valence-electron chi connectivity index (χ4n) is 1.01. The minimum Gasteiger partial charge on any atom is -0.493 e. The van der Waals surface area contributed by atoms with Crippen molar-refractivity contribution in [3.05, 3.63) is 23.8 Å². The van der Waals surface area contributed by atoms with Gasteiger partial charge in [-0.3, -0.25) is 0 Å². The highest BCUT2D eigenvalue weighted by atomic mass is 16.5. The number of hydrogen-bond donors (Lipinski definition) is 1.